The van der Waals surface area contributed by atoms with Crippen molar-refractivity contribution in [1.82, 2.24) is 29.0 Å². The van der Waals surface area contributed by atoms with E-state index < -0.39 is 0 Å². The van der Waals surface area contributed by atoms with Crippen LogP contribution in [0.3, 0.4) is 0 Å². The van der Waals surface area contributed by atoms with Crippen LogP contribution in [0.1, 0.15) is 43.0 Å². The van der Waals surface area contributed by atoms with Gasteiger partial charge in [-0.2, -0.15) is 10.2 Å². The Bertz CT molecular complexity index is 861. The van der Waals surface area contributed by atoms with Gasteiger partial charge < -0.3 is 4.90 Å². The molecule has 0 saturated carbocycles. The SMILES string of the molecule is CC(C)Cn1nc2n(c1=O)C[C@H]1CC[C@@H](C2)N1C(=O)c1ccn(C)n1. The first-order valence-electron chi connectivity index (χ1n) is 8.93. The lowest BCUT2D eigenvalue weighted by Crippen LogP contribution is -2.43. The van der Waals surface area contributed by atoms with Crippen LogP contribution in [0.25, 0.3) is 0 Å². The number of rotatable bonds is 3. The van der Waals surface area contributed by atoms with Gasteiger partial charge in [-0.3, -0.25) is 14.0 Å². The molecule has 8 nitrogen and oxygen atoms in total. The zero-order chi connectivity index (χ0) is 17.7. The molecule has 4 rings (SSSR count). The van der Waals surface area contributed by atoms with Crippen molar-refractivity contribution in [2.75, 3.05) is 0 Å². The number of amides is 1. The topological polar surface area (TPSA) is 78.0 Å². The Labute approximate surface area is 146 Å². The molecule has 25 heavy (non-hydrogen) atoms. The summed E-state index contributed by atoms with van der Waals surface area (Å²) in [6.45, 7) is 5.31. The van der Waals surface area contributed by atoms with E-state index in [0.717, 1.165) is 18.7 Å². The van der Waals surface area contributed by atoms with Crippen molar-refractivity contribution in [1.29, 1.82) is 0 Å². The van der Waals surface area contributed by atoms with Crippen LogP contribution in [-0.4, -0.2) is 47.0 Å². The number of carbonyl (C=O) groups is 1. The van der Waals surface area contributed by atoms with E-state index in [4.69, 9.17) is 0 Å². The minimum atomic E-state index is -0.0542. The van der Waals surface area contributed by atoms with E-state index in [-0.39, 0.29) is 23.7 Å². The Morgan fingerprint density at radius 1 is 1.28 bits per heavy atom. The molecule has 0 aromatic carbocycles. The third-order valence-electron chi connectivity index (χ3n) is 5.14. The van der Waals surface area contributed by atoms with Crippen molar-refractivity contribution in [2.45, 2.75) is 58.3 Å². The van der Waals surface area contributed by atoms with Crippen LogP contribution in [0.2, 0.25) is 0 Å². The van der Waals surface area contributed by atoms with E-state index in [1.54, 1.807) is 33.2 Å². The van der Waals surface area contributed by atoms with Gasteiger partial charge in [-0.1, -0.05) is 13.8 Å². The molecule has 0 radical (unpaired) electrons. The Hall–Kier alpha value is -2.38. The first kappa shape index (κ1) is 16.1. The maximum Gasteiger partial charge on any atom is 0.345 e. The summed E-state index contributed by atoms with van der Waals surface area (Å²) in [5, 5.41) is 8.80. The molecule has 0 aliphatic carbocycles. The van der Waals surface area contributed by atoms with Crippen LogP contribution in [0, 0.1) is 5.92 Å². The molecule has 2 bridgehead atoms. The van der Waals surface area contributed by atoms with E-state index in [1.807, 2.05) is 4.90 Å². The molecule has 0 N–H and O–H groups in total. The molecule has 1 fully saturated rings. The number of carbonyl (C=O) groups excluding carboxylic acids is 1. The normalized spacial score (nSPS) is 22.3. The first-order chi connectivity index (χ1) is 11.9. The fourth-order valence-corrected chi connectivity index (χ4v) is 4.04. The molecular weight excluding hydrogens is 320 g/mol. The van der Waals surface area contributed by atoms with Crippen molar-refractivity contribution >= 4 is 5.91 Å². The number of fused-ring (bicyclic) bond motifs is 3. The highest BCUT2D eigenvalue weighted by Crippen LogP contribution is 2.31. The van der Waals surface area contributed by atoms with Gasteiger partial charge in [0.15, 0.2) is 0 Å². The summed E-state index contributed by atoms with van der Waals surface area (Å²) in [6.07, 6.45) is 4.29. The quantitative estimate of drug-likeness (QED) is 0.820. The predicted octanol–water partition coefficient (Wildman–Crippen LogP) is 0.664. The van der Waals surface area contributed by atoms with E-state index >= 15 is 0 Å². The lowest BCUT2D eigenvalue weighted by Gasteiger charge is -2.27. The third kappa shape index (κ3) is 2.69. The minimum Gasteiger partial charge on any atom is -0.329 e. The van der Waals surface area contributed by atoms with Crippen molar-refractivity contribution in [3.8, 4) is 0 Å². The monoisotopic (exact) mass is 344 g/mol. The van der Waals surface area contributed by atoms with E-state index in [0.29, 0.717) is 31.1 Å². The minimum absolute atomic E-state index is 0.0372. The zero-order valence-corrected chi connectivity index (χ0v) is 14.9. The molecule has 8 heteroatoms. The molecule has 2 aromatic rings. The second-order valence-corrected chi connectivity index (χ2v) is 7.56. The summed E-state index contributed by atoms with van der Waals surface area (Å²) >= 11 is 0. The smallest absolute Gasteiger partial charge is 0.329 e. The lowest BCUT2D eigenvalue weighted by molar-refractivity contribution is 0.0657. The van der Waals surface area contributed by atoms with E-state index in [9.17, 15) is 9.59 Å². The summed E-state index contributed by atoms with van der Waals surface area (Å²) in [7, 11) is 1.81. The van der Waals surface area contributed by atoms with E-state index in [1.165, 1.54) is 0 Å². The maximum absolute atomic E-state index is 12.9. The summed E-state index contributed by atoms with van der Waals surface area (Å²) < 4.78 is 4.99. The summed E-state index contributed by atoms with van der Waals surface area (Å²) in [6, 6.07) is 1.88. The molecule has 0 unspecified atom stereocenters. The fraction of sp³-hybridized carbons (Fsp3) is 0.647. The Balaban J connectivity index is 1.64. The van der Waals surface area contributed by atoms with Gasteiger partial charge in [-0.05, 0) is 24.8 Å². The van der Waals surface area contributed by atoms with Crippen molar-refractivity contribution in [3.63, 3.8) is 0 Å². The molecule has 2 aliphatic heterocycles. The standard InChI is InChI=1S/C17H24N6O2/c1-11(2)9-22-17(25)21-10-13-5-4-12(8-15(21)19-22)23(13)16(24)14-6-7-20(3)18-14/h6-7,11-13H,4-5,8-10H2,1-3H3/t12-,13+/m0/s1. The van der Waals surface area contributed by atoms with Gasteiger partial charge in [0.1, 0.15) is 11.5 Å². The van der Waals surface area contributed by atoms with Gasteiger partial charge in [0.05, 0.1) is 6.04 Å². The molecule has 4 heterocycles. The number of nitrogens with zero attached hydrogens (tertiary/aromatic N) is 6. The van der Waals surface area contributed by atoms with Gasteiger partial charge in [-0.15, -0.1) is 0 Å². The number of aromatic nitrogens is 5. The molecule has 1 saturated heterocycles. The maximum atomic E-state index is 12.9. The van der Waals surface area contributed by atoms with Crippen LogP contribution in [0.5, 0.6) is 0 Å². The van der Waals surface area contributed by atoms with Gasteiger partial charge in [0.2, 0.25) is 0 Å². The lowest BCUT2D eigenvalue weighted by atomic mass is 10.1. The molecule has 2 atom stereocenters. The Morgan fingerprint density at radius 3 is 2.72 bits per heavy atom. The van der Waals surface area contributed by atoms with Gasteiger partial charge in [0, 0.05) is 38.8 Å². The van der Waals surface area contributed by atoms with E-state index in [2.05, 4.69) is 24.0 Å². The molecule has 2 aliphatic rings. The van der Waals surface area contributed by atoms with Crippen LogP contribution in [0.15, 0.2) is 17.1 Å². The van der Waals surface area contributed by atoms with Crippen molar-refractivity contribution in [3.05, 3.63) is 34.3 Å². The van der Waals surface area contributed by atoms with Crippen LogP contribution in [-0.2, 0) is 26.6 Å². The fourth-order valence-electron chi connectivity index (χ4n) is 4.04. The van der Waals surface area contributed by atoms with Crippen molar-refractivity contribution in [2.24, 2.45) is 13.0 Å². The first-order valence-corrected chi connectivity index (χ1v) is 8.93. The second-order valence-electron chi connectivity index (χ2n) is 7.56. The summed E-state index contributed by atoms with van der Waals surface area (Å²) in [5.41, 5.74) is 0.414. The second kappa shape index (κ2) is 5.86. The summed E-state index contributed by atoms with van der Waals surface area (Å²) in [5.74, 6) is 1.13. The molecule has 0 spiro atoms. The highest BCUT2D eigenvalue weighted by molar-refractivity contribution is 5.93. The number of hydrogen-bond donors (Lipinski definition) is 0. The van der Waals surface area contributed by atoms with Gasteiger partial charge >= 0.3 is 5.69 Å². The van der Waals surface area contributed by atoms with Crippen LogP contribution >= 0.6 is 0 Å². The third-order valence-corrected chi connectivity index (χ3v) is 5.14. The number of hydrogen-bond acceptors (Lipinski definition) is 4. The zero-order valence-electron chi connectivity index (χ0n) is 14.9. The highest BCUT2D eigenvalue weighted by atomic mass is 16.2. The van der Waals surface area contributed by atoms with Gasteiger partial charge in [0.25, 0.3) is 5.91 Å². The molecule has 1 amide bonds. The average Bonchev–Trinajstić information content (AvgIpc) is 3.17. The van der Waals surface area contributed by atoms with Crippen LogP contribution in [0.4, 0.5) is 0 Å². The Kier molecular flexibility index (Phi) is 3.77. The van der Waals surface area contributed by atoms with Crippen LogP contribution < -0.4 is 5.69 Å². The largest absolute Gasteiger partial charge is 0.345 e. The summed E-state index contributed by atoms with van der Waals surface area (Å²) in [4.78, 5) is 27.5. The highest BCUT2D eigenvalue weighted by Gasteiger charge is 2.42. The Morgan fingerprint density at radius 2 is 2.04 bits per heavy atom. The molecule has 2 aromatic heterocycles. The molecule has 134 valence electrons. The average molecular weight is 344 g/mol. The van der Waals surface area contributed by atoms with Crippen molar-refractivity contribution < 1.29 is 4.79 Å². The van der Waals surface area contributed by atoms with Gasteiger partial charge in [-0.25, -0.2) is 9.48 Å². The number of aryl methyl sites for hydroxylation is 1. The predicted molar refractivity (Wildman–Crippen MR) is 91.2 cm³/mol. The molecular formula is C17H24N6O2.